The first-order chi connectivity index (χ1) is 15.8. The van der Waals surface area contributed by atoms with Crippen molar-refractivity contribution in [1.82, 2.24) is 15.6 Å². The molecule has 2 aliphatic carbocycles. The number of hydrogen-bond donors (Lipinski definition) is 3. The summed E-state index contributed by atoms with van der Waals surface area (Å²) in [6.45, 7) is 4.59. The van der Waals surface area contributed by atoms with Gasteiger partial charge in [0, 0.05) is 37.0 Å². The van der Waals surface area contributed by atoms with Crippen molar-refractivity contribution in [1.29, 1.82) is 0 Å². The fourth-order valence-electron chi connectivity index (χ4n) is 5.20. The van der Waals surface area contributed by atoms with Gasteiger partial charge in [-0.25, -0.2) is 4.39 Å². The van der Waals surface area contributed by atoms with Gasteiger partial charge in [0.25, 0.3) is 0 Å². The molecule has 33 heavy (non-hydrogen) atoms. The number of halogens is 1. The van der Waals surface area contributed by atoms with Crippen LogP contribution in [0.3, 0.4) is 0 Å². The molecule has 2 heterocycles. The standard InChI is InChI=1S/C26H29FN4O2/c1-14(2)24(26(32)33)28-18-7-4-15(5-8-18)20-12-31(3)13-21-19-11-17(27)10-16-6-9-22(23(16)19)29-30-25(20)21/h4,6,9-11,13-14,18,24,28,30H,5,7-8,12H2,1-3H3,(H,32,33)/t18?,24-/m1/s1. The molecule has 0 radical (unpaired) electrons. The van der Waals surface area contributed by atoms with Crippen molar-refractivity contribution >= 4 is 23.3 Å². The van der Waals surface area contributed by atoms with Crippen molar-refractivity contribution in [2.45, 2.75) is 45.2 Å². The fraction of sp³-hybridized carbons (Fsp3) is 0.385. The lowest BCUT2D eigenvalue weighted by molar-refractivity contribution is -0.140. The van der Waals surface area contributed by atoms with E-state index in [2.05, 4.69) is 33.0 Å². The number of aliphatic carboxylic acids is 1. The number of hydrazone groups is 1. The van der Waals surface area contributed by atoms with Gasteiger partial charge in [0.05, 0.1) is 11.4 Å². The summed E-state index contributed by atoms with van der Waals surface area (Å²) >= 11 is 0. The quantitative estimate of drug-likeness (QED) is 0.637. The molecule has 0 saturated heterocycles. The first-order valence-electron chi connectivity index (χ1n) is 11.5. The number of rotatable bonds is 5. The molecule has 1 aromatic carbocycles. The van der Waals surface area contributed by atoms with Crippen LogP contribution in [0.25, 0.3) is 11.6 Å². The highest BCUT2D eigenvalue weighted by molar-refractivity contribution is 6.20. The molecule has 1 unspecified atom stereocenters. The van der Waals surface area contributed by atoms with Gasteiger partial charge in [0.1, 0.15) is 11.9 Å². The van der Waals surface area contributed by atoms with Crippen LogP contribution in [0.4, 0.5) is 4.39 Å². The van der Waals surface area contributed by atoms with Crippen molar-refractivity contribution in [3.8, 4) is 0 Å². The Balaban J connectivity index is 1.48. The Kier molecular flexibility index (Phi) is 5.44. The molecule has 0 aromatic heterocycles. The van der Waals surface area contributed by atoms with Crippen LogP contribution in [0, 0.1) is 11.7 Å². The average Bonchev–Trinajstić information content (AvgIpc) is 3.10. The molecule has 0 bridgehead atoms. The topological polar surface area (TPSA) is 77.0 Å². The SMILES string of the molecule is CC(C)[C@@H](NC1CC=C(C2=C3NN=C4C=Cc5cc(F)cc(c54)C3=CN(C)C2)CC1)C(=O)O. The Morgan fingerprint density at radius 1 is 1.33 bits per heavy atom. The van der Waals surface area contributed by atoms with Crippen molar-refractivity contribution < 1.29 is 14.3 Å². The van der Waals surface area contributed by atoms with Crippen LogP contribution in [0.1, 0.15) is 49.8 Å². The van der Waals surface area contributed by atoms with E-state index in [0.29, 0.717) is 0 Å². The van der Waals surface area contributed by atoms with E-state index in [1.165, 1.54) is 11.1 Å². The number of hydrogen-bond acceptors (Lipinski definition) is 5. The average molecular weight is 449 g/mol. The summed E-state index contributed by atoms with van der Waals surface area (Å²) < 4.78 is 14.5. The molecule has 0 saturated carbocycles. The maximum atomic E-state index is 14.5. The van der Waals surface area contributed by atoms with Crippen LogP contribution in [-0.4, -0.2) is 47.4 Å². The second kappa shape index (κ2) is 8.30. The molecule has 4 aliphatic rings. The highest BCUT2D eigenvalue weighted by Crippen LogP contribution is 2.40. The number of nitrogens with one attached hydrogen (secondary N) is 2. The van der Waals surface area contributed by atoms with E-state index in [1.807, 2.05) is 33.0 Å². The summed E-state index contributed by atoms with van der Waals surface area (Å²) in [5, 5.41) is 17.5. The predicted octanol–water partition coefficient (Wildman–Crippen LogP) is 3.88. The summed E-state index contributed by atoms with van der Waals surface area (Å²) in [7, 11) is 2.03. The number of carboxylic acid groups (broad SMARTS) is 1. The summed E-state index contributed by atoms with van der Waals surface area (Å²) in [4.78, 5) is 13.7. The van der Waals surface area contributed by atoms with Gasteiger partial charge in [-0.1, -0.05) is 26.0 Å². The largest absolute Gasteiger partial charge is 0.480 e. The Morgan fingerprint density at radius 3 is 2.85 bits per heavy atom. The van der Waals surface area contributed by atoms with Gasteiger partial charge >= 0.3 is 5.97 Å². The van der Waals surface area contributed by atoms with Crippen LogP contribution in [-0.2, 0) is 4.79 Å². The fourth-order valence-corrected chi connectivity index (χ4v) is 5.20. The lowest BCUT2D eigenvalue weighted by atomic mass is 9.84. The number of allylic oxidation sites excluding steroid dienone is 2. The van der Waals surface area contributed by atoms with Gasteiger partial charge in [-0.2, -0.15) is 5.10 Å². The molecule has 5 rings (SSSR count). The normalized spacial score (nSPS) is 22.2. The highest BCUT2D eigenvalue weighted by atomic mass is 19.1. The van der Waals surface area contributed by atoms with E-state index < -0.39 is 12.0 Å². The van der Waals surface area contributed by atoms with Gasteiger partial charge in [0.2, 0.25) is 0 Å². The summed E-state index contributed by atoms with van der Waals surface area (Å²) in [6, 6.07) is 2.75. The molecule has 0 amide bonds. The lowest BCUT2D eigenvalue weighted by Gasteiger charge is -2.32. The molecule has 172 valence electrons. The zero-order chi connectivity index (χ0) is 23.3. The molecular weight excluding hydrogens is 419 g/mol. The molecular formula is C26H29FN4O2. The van der Waals surface area contributed by atoms with Crippen LogP contribution in [0.5, 0.6) is 0 Å². The molecule has 2 atom stereocenters. The van der Waals surface area contributed by atoms with Crippen LogP contribution >= 0.6 is 0 Å². The van der Waals surface area contributed by atoms with E-state index in [4.69, 9.17) is 0 Å². The van der Waals surface area contributed by atoms with Crippen molar-refractivity contribution in [3.63, 3.8) is 0 Å². The van der Waals surface area contributed by atoms with Crippen LogP contribution in [0.2, 0.25) is 0 Å². The molecule has 3 N–H and O–H groups in total. The summed E-state index contributed by atoms with van der Waals surface area (Å²) in [6.07, 6.45) is 10.6. The minimum atomic E-state index is -0.800. The Morgan fingerprint density at radius 2 is 2.15 bits per heavy atom. The summed E-state index contributed by atoms with van der Waals surface area (Å²) in [5.74, 6) is -1.03. The molecule has 0 spiro atoms. The van der Waals surface area contributed by atoms with Crippen LogP contribution in [0.15, 0.2) is 52.4 Å². The predicted molar refractivity (Wildman–Crippen MR) is 128 cm³/mol. The maximum Gasteiger partial charge on any atom is 0.320 e. The number of benzene rings is 1. The van der Waals surface area contributed by atoms with E-state index in [1.54, 1.807) is 12.1 Å². The number of fused-ring (bicyclic) bond motifs is 2. The first kappa shape index (κ1) is 21.6. The molecule has 7 heteroatoms. The molecule has 2 aliphatic heterocycles. The third-order valence-electron chi connectivity index (χ3n) is 6.86. The highest BCUT2D eigenvalue weighted by Gasteiger charge is 2.31. The van der Waals surface area contributed by atoms with E-state index in [-0.39, 0.29) is 17.8 Å². The van der Waals surface area contributed by atoms with Gasteiger partial charge in [-0.3, -0.25) is 10.2 Å². The Hall–Kier alpha value is -3.19. The van der Waals surface area contributed by atoms with Crippen molar-refractivity contribution in [2.24, 2.45) is 11.0 Å². The minimum absolute atomic E-state index is 0.0257. The zero-order valence-corrected chi connectivity index (χ0v) is 19.2. The Bertz CT molecular complexity index is 1170. The second-order valence-corrected chi connectivity index (χ2v) is 9.60. The molecule has 6 nitrogen and oxygen atoms in total. The smallest absolute Gasteiger partial charge is 0.320 e. The second-order valence-electron chi connectivity index (χ2n) is 9.60. The van der Waals surface area contributed by atoms with Gasteiger partial charge in [-0.05, 0) is 65.7 Å². The van der Waals surface area contributed by atoms with Crippen molar-refractivity contribution in [3.05, 3.63) is 69.8 Å². The zero-order valence-electron chi connectivity index (χ0n) is 19.2. The molecule has 0 fully saturated rings. The third kappa shape index (κ3) is 3.91. The Labute approximate surface area is 193 Å². The number of nitrogens with zero attached hydrogens (tertiary/aromatic N) is 2. The summed E-state index contributed by atoms with van der Waals surface area (Å²) in [5.41, 5.74) is 11.1. The van der Waals surface area contributed by atoms with Crippen LogP contribution < -0.4 is 10.7 Å². The lowest BCUT2D eigenvalue weighted by Crippen LogP contribution is -2.47. The van der Waals surface area contributed by atoms with E-state index in [9.17, 15) is 14.3 Å². The minimum Gasteiger partial charge on any atom is -0.480 e. The maximum absolute atomic E-state index is 14.5. The number of likely N-dealkylation sites (N-methyl/N-ethyl adjacent to an activating group) is 1. The third-order valence-corrected chi connectivity index (χ3v) is 6.86. The molecule has 1 aromatic rings. The van der Waals surface area contributed by atoms with Gasteiger partial charge in [0.15, 0.2) is 0 Å². The van der Waals surface area contributed by atoms with Gasteiger partial charge in [-0.15, -0.1) is 0 Å². The monoisotopic (exact) mass is 448 g/mol. The van der Waals surface area contributed by atoms with Gasteiger partial charge < -0.3 is 15.3 Å². The van der Waals surface area contributed by atoms with E-state index in [0.717, 1.165) is 59.5 Å². The van der Waals surface area contributed by atoms with Crippen molar-refractivity contribution in [2.75, 3.05) is 13.6 Å². The number of carboxylic acids is 1. The van der Waals surface area contributed by atoms with E-state index >= 15 is 0 Å². The number of carbonyl (C=O) groups is 1. The first-order valence-corrected chi connectivity index (χ1v) is 11.5.